The first-order valence-corrected chi connectivity index (χ1v) is 8.15. The molecule has 10 heteroatoms. The molecule has 3 aromatic rings. The van der Waals surface area contributed by atoms with Crippen molar-refractivity contribution in [3.05, 3.63) is 53.3 Å². The number of aromatic nitrogens is 4. The molecule has 1 aromatic heterocycles. The van der Waals surface area contributed by atoms with Gasteiger partial charge in [-0.25, -0.2) is 0 Å². The number of methoxy groups -OCH3 is 1. The predicted molar refractivity (Wildman–Crippen MR) is 99.4 cm³/mol. The van der Waals surface area contributed by atoms with Gasteiger partial charge in [-0.05, 0) is 46.8 Å². The van der Waals surface area contributed by atoms with Crippen molar-refractivity contribution in [3.63, 3.8) is 0 Å². The number of nitrogens with zero attached hydrogens (tertiary/aromatic N) is 4. The molecule has 9 nitrogen and oxygen atoms in total. The second kappa shape index (κ2) is 7.83. The molecule has 138 valence electrons. The number of anilines is 2. The molecule has 0 radical (unpaired) electrons. The number of nitrogens with one attached hydrogen (secondary N) is 2. The minimum atomic E-state index is -0.421. The summed E-state index contributed by atoms with van der Waals surface area (Å²) in [5, 5.41) is 16.8. The molecule has 0 spiro atoms. The number of tetrazole rings is 1. The number of amides is 2. The lowest BCUT2D eigenvalue weighted by atomic mass is 10.1. The van der Waals surface area contributed by atoms with E-state index in [4.69, 9.17) is 16.3 Å². The minimum Gasteiger partial charge on any atom is -0.495 e. The summed E-state index contributed by atoms with van der Waals surface area (Å²) in [6.07, 6.45) is 1.36. The van der Waals surface area contributed by atoms with Crippen LogP contribution >= 0.6 is 11.6 Å². The van der Waals surface area contributed by atoms with Gasteiger partial charge in [0.1, 0.15) is 12.1 Å². The molecule has 0 saturated heterocycles. The van der Waals surface area contributed by atoms with Crippen LogP contribution < -0.4 is 15.4 Å². The summed E-state index contributed by atoms with van der Waals surface area (Å²) in [6.45, 7) is 1.40. The third-order valence-corrected chi connectivity index (χ3v) is 3.80. The molecule has 2 aromatic carbocycles. The van der Waals surface area contributed by atoms with E-state index in [-0.39, 0.29) is 5.91 Å². The fourth-order valence-corrected chi connectivity index (χ4v) is 2.60. The average molecular weight is 387 g/mol. The number of carbonyl (C=O) groups is 2. The van der Waals surface area contributed by atoms with E-state index in [9.17, 15) is 9.59 Å². The quantitative estimate of drug-likeness (QED) is 0.697. The van der Waals surface area contributed by atoms with E-state index in [2.05, 4.69) is 26.2 Å². The molecular weight excluding hydrogens is 372 g/mol. The smallest absolute Gasteiger partial charge is 0.257 e. The van der Waals surface area contributed by atoms with E-state index in [0.717, 1.165) is 0 Å². The number of benzene rings is 2. The highest BCUT2D eigenvalue weighted by Crippen LogP contribution is 2.29. The molecule has 2 amide bonds. The van der Waals surface area contributed by atoms with Crippen LogP contribution in [0.25, 0.3) is 5.69 Å². The van der Waals surface area contributed by atoms with Crippen molar-refractivity contribution in [1.82, 2.24) is 20.2 Å². The first kappa shape index (κ1) is 18.3. The van der Waals surface area contributed by atoms with Crippen molar-refractivity contribution in [2.24, 2.45) is 0 Å². The summed E-state index contributed by atoms with van der Waals surface area (Å²) in [5.74, 6) is -0.207. The number of halogens is 1. The summed E-state index contributed by atoms with van der Waals surface area (Å²) in [7, 11) is 1.48. The highest BCUT2D eigenvalue weighted by Gasteiger charge is 2.17. The van der Waals surface area contributed by atoms with Crippen LogP contribution in [0.3, 0.4) is 0 Å². The van der Waals surface area contributed by atoms with Crippen LogP contribution in [0, 0.1) is 0 Å². The molecule has 27 heavy (non-hydrogen) atoms. The topological polar surface area (TPSA) is 111 Å². The van der Waals surface area contributed by atoms with Gasteiger partial charge in [0.25, 0.3) is 5.91 Å². The van der Waals surface area contributed by atoms with Crippen LogP contribution in [-0.4, -0.2) is 39.1 Å². The Morgan fingerprint density at radius 3 is 2.63 bits per heavy atom. The number of hydrogen-bond acceptors (Lipinski definition) is 6. The van der Waals surface area contributed by atoms with E-state index >= 15 is 0 Å². The molecule has 3 rings (SSSR count). The third-order valence-electron chi connectivity index (χ3n) is 3.57. The van der Waals surface area contributed by atoms with Gasteiger partial charge in [0.15, 0.2) is 0 Å². The highest BCUT2D eigenvalue weighted by atomic mass is 35.5. The molecule has 0 saturated carbocycles. The van der Waals surface area contributed by atoms with Crippen LogP contribution in [-0.2, 0) is 4.79 Å². The maximum atomic E-state index is 12.9. The molecule has 1 heterocycles. The third kappa shape index (κ3) is 4.21. The predicted octanol–water partition coefficient (Wildman–Crippen LogP) is 2.54. The van der Waals surface area contributed by atoms with E-state index < -0.39 is 5.91 Å². The highest BCUT2D eigenvalue weighted by molar-refractivity contribution is 6.31. The van der Waals surface area contributed by atoms with Gasteiger partial charge < -0.3 is 15.4 Å². The van der Waals surface area contributed by atoms with E-state index in [1.165, 1.54) is 25.0 Å². The number of hydrogen-bond donors (Lipinski definition) is 2. The minimum absolute atomic E-state index is 0.226. The van der Waals surface area contributed by atoms with Crippen molar-refractivity contribution in [3.8, 4) is 11.4 Å². The summed E-state index contributed by atoms with van der Waals surface area (Å²) in [4.78, 5) is 24.1. The fraction of sp³-hybridized carbons (Fsp3) is 0.118. The normalized spacial score (nSPS) is 10.3. The lowest BCUT2D eigenvalue weighted by Crippen LogP contribution is -2.16. The summed E-state index contributed by atoms with van der Waals surface area (Å²) in [5.41, 5.74) is 1.64. The van der Waals surface area contributed by atoms with Gasteiger partial charge in [0, 0.05) is 17.6 Å². The Bertz CT molecular complexity index is 990. The summed E-state index contributed by atoms with van der Waals surface area (Å²) in [6, 6.07) is 9.66. The van der Waals surface area contributed by atoms with Crippen LogP contribution in [0.2, 0.25) is 5.02 Å². The Morgan fingerprint density at radius 2 is 1.96 bits per heavy atom. The van der Waals surface area contributed by atoms with Gasteiger partial charge >= 0.3 is 0 Å². The summed E-state index contributed by atoms with van der Waals surface area (Å²) >= 11 is 6.04. The van der Waals surface area contributed by atoms with Crippen molar-refractivity contribution < 1.29 is 14.3 Å². The molecule has 0 bridgehead atoms. The van der Waals surface area contributed by atoms with Gasteiger partial charge in [-0.3, -0.25) is 9.59 Å². The van der Waals surface area contributed by atoms with Crippen LogP contribution in [0.1, 0.15) is 17.3 Å². The van der Waals surface area contributed by atoms with Crippen molar-refractivity contribution in [2.45, 2.75) is 6.92 Å². The lowest BCUT2D eigenvalue weighted by molar-refractivity contribution is -0.114. The zero-order valence-corrected chi connectivity index (χ0v) is 15.2. The molecule has 0 aliphatic carbocycles. The average Bonchev–Trinajstić information content (AvgIpc) is 3.16. The molecule has 0 aliphatic rings. The zero-order chi connectivity index (χ0) is 19.4. The Balaban J connectivity index is 1.95. The van der Waals surface area contributed by atoms with Crippen LogP contribution in [0.15, 0.2) is 42.7 Å². The number of carbonyl (C=O) groups excluding carboxylic acids is 2. The molecule has 0 aliphatic heterocycles. The molecular formula is C17H15ClN6O3. The molecule has 2 N–H and O–H groups in total. The standard InChI is InChI=1S/C17H15ClN6O3/c1-10(25)20-12-4-6-16(27-2)14(8-12)21-17(26)13-5-3-11(18)7-15(13)24-9-19-22-23-24/h3-9H,1-2H3,(H,20,25)(H,21,26). The van der Waals surface area contributed by atoms with Crippen LogP contribution in [0.5, 0.6) is 5.75 Å². The Kier molecular flexibility index (Phi) is 5.32. The SMILES string of the molecule is COc1ccc(NC(C)=O)cc1NC(=O)c1ccc(Cl)cc1-n1cnnn1. The van der Waals surface area contributed by atoms with E-state index in [0.29, 0.717) is 33.4 Å². The van der Waals surface area contributed by atoms with E-state index in [1.807, 2.05) is 0 Å². The van der Waals surface area contributed by atoms with Crippen molar-refractivity contribution in [2.75, 3.05) is 17.7 Å². The van der Waals surface area contributed by atoms with E-state index in [1.54, 1.807) is 36.4 Å². The number of ether oxygens (including phenoxy) is 1. The second-order valence-corrected chi connectivity index (χ2v) is 5.90. The Morgan fingerprint density at radius 1 is 1.15 bits per heavy atom. The fourth-order valence-electron chi connectivity index (χ4n) is 2.43. The Hall–Kier alpha value is -3.46. The second-order valence-electron chi connectivity index (χ2n) is 5.47. The maximum Gasteiger partial charge on any atom is 0.257 e. The van der Waals surface area contributed by atoms with Crippen LogP contribution in [0.4, 0.5) is 11.4 Å². The monoisotopic (exact) mass is 386 g/mol. The molecule has 0 fully saturated rings. The van der Waals surface area contributed by atoms with Crippen molar-refractivity contribution in [1.29, 1.82) is 0 Å². The molecule has 0 unspecified atom stereocenters. The van der Waals surface area contributed by atoms with Crippen molar-refractivity contribution >= 4 is 34.8 Å². The van der Waals surface area contributed by atoms with Gasteiger partial charge in [0.2, 0.25) is 5.91 Å². The first-order chi connectivity index (χ1) is 13.0. The van der Waals surface area contributed by atoms with Gasteiger partial charge in [-0.2, -0.15) is 4.68 Å². The zero-order valence-electron chi connectivity index (χ0n) is 14.4. The summed E-state index contributed by atoms with van der Waals surface area (Å²) < 4.78 is 6.62. The number of rotatable bonds is 5. The first-order valence-electron chi connectivity index (χ1n) is 7.78. The van der Waals surface area contributed by atoms with Gasteiger partial charge in [0.05, 0.1) is 24.0 Å². The van der Waals surface area contributed by atoms with Gasteiger partial charge in [-0.1, -0.05) is 11.6 Å². The Labute approximate surface area is 159 Å². The maximum absolute atomic E-state index is 12.9. The lowest BCUT2D eigenvalue weighted by Gasteiger charge is -2.14. The molecule has 0 atom stereocenters. The van der Waals surface area contributed by atoms with Gasteiger partial charge in [-0.15, -0.1) is 5.10 Å². The largest absolute Gasteiger partial charge is 0.495 e.